The van der Waals surface area contributed by atoms with Crippen LogP contribution >= 0.6 is 11.6 Å². The van der Waals surface area contributed by atoms with Gasteiger partial charge < -0.3 is 5.32 Å². The second-order valence-electron chi connectivity index (χ2n) is 5.76. The Balaban J connectivity index is 2.36. The summed E-state index contributed by atoms with van der Waals surface area (Å²) in [5.41, 5.74) is 2.66. The highest BCUT2D eigenvalue weighted by Gasteiger charge is 2.16. The average Bonchev–Trinajstić information content (AvgIpc) is 2.56. The lowest BCUT2D eigenvalue weighted by atomic mass is 10.1. The summed E-state index contributed by atoms with van der Waals surface area (Å²) in [6.07, 6.45) is 1.64. The Kier molecular flexibility index (Phi) is 3.93. The quantitative estimate of drug-likeness (QED) is 0.776. The first-order valence-corrected chi connectivity index (χ1v) is 7.78. The van der Waals surface area contributed by atoms with Gasteiger partial charge in [-0.25, -0.2) is 9.78 Å². The Bertz CT molecular complexity index is 1080. The van der Waals surface area contributed by atoms with Crippen molar-refractivity contribution in [3.05, 3.63) is 61.4 Å². The summed E-state index contributed by atoms with van der Waals surface area (Å²) in [6, 6.07) is 5.53. The first-order valence-electron chi connectivity index (χ1n) is 7.40. The zero-order chi connectivity index (χ0) is 17.6. The standard InChI is InChI=1S/C17H17ClN4O2/c1-9-8-19-15-13(16(23)22(4)17(24)21(15)3)14(9)20-12-7-5-6-11(18)10(12)2/h5-8H,1-4H3,(H,19,20). The maximum Gasteiger partial charge on any atom is 0.332 e. The summed E-state index contributed by atoms with van der Waals surface area (Å²) in [5.74, 6) is 0. The van der Waals surface area contributed by atoms with Crippen LogP contribution in [0.4, 0.5) is 11.4 Å². The molecule has 2 aromatic heterocycles. The average molecular weight is 345 g/mol. The summed E-state index contributed by atoms with van der Waals surface area (Å²) >= 11 is 6.18. The molecule has 0 fully saturated rings. The molecule has 124 valence electrons. The van der Waals surface area contributed by atoms with Crippen LogP contribution in [0.15, 0.2) is 34.0 Å². The fourth-order valence-corrected chi connectivity index (χ4v) is 2.84. The maximum atomic E-state index is 12.7. The number of halogens is 1. The number of nitrogens with zero attached hydrogens (tertiary/aromatic N) is 3. The van der Waals surface area contributed by atoms with Crippen molar-refractivity contribution in [2.24, 2.45) is 14.1 Å². The van der Waals surface area contributed by atoms with Gasteiger partial charge in [0.15, 0.2) is 5.65 Å². The Morgan fingerprint density at radius 1 is 1.12 bits per heavy atom. The lowest BCUT2D eigenvalue weighted by Crippen LogP contribution is -2.37. The SMILES string of the molecule is Cc1cnc2c(c1Nc1cccc(Cl)c1C)c(=O)n(C)c(=O)n2C. The van der Waals surface area contributed by atoms with Crippen LogP contribution in [0.2, 0.25) is 5.02 Å². The first-order chi connectivity index (χ1) is 11.3. The summed E-state index contributed by atoms with van der Waals surface area (Å²) in [6.45, 7) is 3.76. The number of aryl methyl sites for hydroxylation is 2. The second kappa shape index (κ2) is 5.79. The lowest BCUT2D eigenvalue weighted by Gasteiger charge is -2.16. The largest absolute Gasteiger partial charge is 0.354 e. The lowest BCUT2D eigenvalue weighted by molar-refractivity contribution is 0.707. The molecule has 3 rings (SSSR count). The highest BCUT2D eigenvalue weighted by molar-refractivity contribution is 6.31. The minimum atomic E-state index is -0.409. The number of benzene rings is 1. The van der Waals surface area contributed by atoms with Crippen molar-refractivity contribution in [3.8, 4) is 0 Å². The number of pyridine rings is 1. The van der Waals surface area contributed by atoms with E-state index in [-0.39, 0.29) is 5.56 Å². The van der Waals surface area contributed by atoms with Crippen LogP contribution in [0.3, 0.4) is 0 Å². The summed E-state index contributed by atoms with van der Waals surface area (Å²) in [4.78, 5) is 29.0. The van der Waals surface area contributed by atoms with E-state index in [9.17, 15) is 9.59 Å². The van der Waals surface area contributed by atoms with E-state index < -0.39 is 5.69 Å². The molecule has 0 aliphatic rings. The predicted octanol–water partition coefficient (Wildman–Crippen LogP) is 2.65. The second-order valence-corrected chi connectivity index (χ2v) is 6.17. The third-order valence-electron chi connectivity index (χ3n) is 4.19. The Morgan fingerprint density at radius 2 is 1.83 bits per heavy atom. The smallest absolute Gasteiger partial charge is 0.332 e. The highest BCUT2D eigenvalue weighted by atomic mass is 35.5. The van der Waals surface area contributed by atoms with Gasteiger partial charge in [-0.3, -0.25) is 13.9 Å². The molecule has 0 amide bonds. The molecule has 1 N–H and O–H groups in total. The van der Waals surface area contributed by atoms with Crippen LogP contribution in [0.5, 0.6) is 0 Å². The molecule has 0 unspecified atom stereocenters. The molecule has 6 nitrogen and oxygen atoms in total. The van der Waals surface area contributed by atoms with Crippen LogP contribution in [0.25, 0.3) is 11.0 Å². The number of hydrogen-bond acceptors (Lipinski definition) is 4. The molecule has 0 radical (unpaired) electrons. The van der Waals surface area contributed by atoms with Gasteiger partial charge in [-0.1, -0.05) is 17.7 Å². The number of rotatable bonds is 2. The fraction of sp³-hybridized carbons (Fsp3) is 0.235. The molecular weight excluding hydrogens is 328 g/mol. The van der Waals surface area contributed by atoms with Crippen LogP contribution < -0.4 is 16.6 Å². The van der Waals surface area contributed by atoms with E-state index in [0.29, 0.717) is 21.7 Å². The van der Waals surface area contributed by atoms with Crippen LogP contribution in [-0.2, 0) is 14.1 Å². The first kappa shape index (κ1) is 16.3. The summed E-state index contributed by atoms with van der Waals surface area (Å²) in [5, 5.41) is 4.30. The molecule has 0 saturated heterocycles. The normalized spacial score (nSPS) is 11.0. The summed E-state index contributed by atoms with van der Waals surface area (Å²) < 4.78 is 2.45. The van der Waals surface area contributed by atoms with Crippen molar-refractivity contribution in [2.45, 2.75) is 13.8 Å². The van der Waals surface area contributed by atoms with E-state index in [0.717, 1.165) is 21.4 Å². The third-order valence-corrected chi connectivity index (χ3v) is 4.60. The van der Waals surface area contributed by atoms with Gasteiger partial charge in [-0.2, -0.15) is 0 Å². The van der Waals surface area contributed by atoms with Crippen LogP contribution in [0, 0.1) is 13.8 Å². The molecular formula is C17H17ClN4O2. The van der Waals surface area contributed by atoms with Gasteiger partial charge in [-0.05, 0) is 37.1 Å². The molecule has 0 aliphatic heterocycles. The molecule has 0 bridgehead atoms. The van der Waals surface area contributed by atoms with E-state index >= 15 is 0 Å². The molecule has 0 spiro atoms. The van der Waals surface area contributed by atoms with Gasteiger partial charge in [0.1, 0.15) is 5.39 Å². The molecule has 0 aliphatic carbocycles. The van der Waals surface area contributed by atoms with Gasteiger partial charge in [0.2, 0.25) is 0 Å². The van der Waals surface area contributed by atoms with E-state index in [1.807, 2.05) is 32.0 Å². The van der Waals surface area contributed by atoms with Gasteiger partial charge in [-0.15, -0.1) is 0 Å². The van der Waals surface area contributed by atoms with Crippen LogP contribution in [-0.4, -0.2) is 14.1 Å². The third kappa shape index (κ3) is 2.39. The van der Waals surface area contributed by atoms with Gasteiger partial charge in [0.25, 0.3) is 5.56 Å². The van der Waals surface area contributed by atoms with Crippen molar-refractivity contribution in [3.63, 3.8) is 0 Å². The van der Waals surface area contributed by atoms with Gasteiger partial charge >= 0.3 is 5.69 Å². The van der Waals surface area contributed by atoms with Crippen molar-refractivity contribution >= 4 is 34.0 Å². The number of fused-ring (bicyclic) bond motifs is 1. The van der Waals surface area contributed by atoms with Crippen LogP contribution in [0.1, 0.15) is 11.1 Å². The van der Waals surface area contributed by atoms with E-state index in [4.69, 9.17) is 11.6 Å². The van der Waals surface area contributed by atoms with Gasteiger partial charge in [0.05, 0.1) is 5.69 Å². The van der Waals surface area contributed by atoms with Gasteiger partial charge in [0, 0.05) is 31.0 Å². The van der Waals surface area contributed by atoms with Crippen molar-refractivity contribution in [1.82, 2.24) is 14.1 Å². The summed E-state index contributed by atoms with van der Waals surface area (Å²) in [7, 11) is 3.06. The van der Waals surface area contributed by atoms with E-state index in [2.05, 4.69) is 10.3 Å². The zero-order valence-electron chi connectivity index (χ0n) is 13.8. The maximum absolute atomic E-state index is 12.7. The molecule has 1 aromatic carbocycles. The van der Waals surface area contributed by atoms with E-state index in [1.165, 1.54) is 11.6 Å². The highest BCUT2D eigenvalue weighted by Crippen LogP contribution is 2.30. The van der Waals surface area contributed by atoms with Crippen molar-refractivity contribution < 1.29 is 0 Å². The monoisotopic (exact) mass is 344 g/mol. The minimum absolute atomic E-state index is 0.343. The molecule has 7 heteroatoms. The van der Waals surface area contributed by atoms with E-state index in [1.54, 1.807) is 13.2 Å². The number of anilines is 2. The minimum Gasteiger partial charge on any atom is -0.354 e. The molecule has 3 aromatic rings. The Labute approximate surface area is 143 Å². The topological polar surface area (TPSA) is 68.9 Å². The molecule has 2 heterocycles. The zero-order valence-corrected chi connectivity index (χ0v) is 14.6. The Hall–Kier alpha value is -2.60. The Morgan fingerprint density at radius 3 is 2.54 bits per heavy atom. The molecule has 0 saturated carbocycles. The number of nitrogens with one attached hydrogen (secondary N) is 1. The molecule has 24 heavy (non-hydrogen) atoms. The fourth-order valence-electron chi connectivity index (χ4n) is 2.66. The molecule has 0 atom stereocenters. The van der Waals surface area contributed by atoms with Crippen molar-refractivity contribution in [1.29, 1.82) is 0 Å². The number of aromatic nitrogens is 3. The number of hydrogen-bond donors (Lipinski definition) is 1. The predicted molar refractivity (Wildman–Crippen MR) is 96.4 cm³/mol. The van der Waals surface area contributed by atoms with Crippen molar-refractivity contribution in [2.75, 3.05) is 5.32 Å².